The van der Waals surface area contributed by atoms with Crippen molar-refractivity contribution >= 4 is 0 Å². The highest BCUT2D eigenvalue weighted by molar-refractivity contribution is 5.48. The molecule has 0 fully saturated rings. The fourth-order valence-electron chi connectivity index (χ4n) is 4.27. The van der Waals surface area contributed by atoms with Gasteiger partial charge in [0.1, 0.15) is 34.5 Å². The maximum absolute atomic E-state index is 9.98. The Morgan fingerprint density at radius 2 is 0.771 bits per heavy atom. The molecule has 0 aliphatic rings. The van der Waals surface area contributed by atoms with Crippen LogP contribution in [0.25, 0.3) is 0 Å². The van der Waals surface area contributed by atoms with Gasteiger partial charge in [-0.3, -0.25) is 0 Å². The third-order valence-corrected chi connectivity index (χ3v) is 6.55. The lowest BCUT2D eigenvalue weighted by Crippen LogP contribution is -2.18. The molecule has 0 saturated carbocycles. The molecule has 2 N–H and O–H groups in total. The molecular weight excluding hydrogens is 436 g/mol. The molecular formula is C31H32O4. The lowest BCUT2D eigenvalue weighted by atomic mass is 9.78. The Kier molecular flexibility index (Phi) is 6.49. The van der Waals surface area contributed by atoms with E-state index < -0.39 is 0 Å². The first kappa shape index (κ1) is 24.2. The zero-order valence-corrected chi connectivity index (χ0v) is 21.1. The molecule has 0 spiro atoms. The zero-order chi connectivity index (χ0) is 25.3. The average molecular weight is 469 g/mol. The van der Waals surface area contributed by atoms with E-state index in [2.05, 4.69) is 38.1 Å². The minimum Gasteiger partial charge on any atom is -0.507 e. The maximum atomic E-state index is 9.98. The lowest BCUT2D eigenvalue weighted by molar-refractivity contribution is 0.456. The normalized spacial score (nSPS) is 11.4. The molecule has 0 aliphatic carbocycles. The number of aromatic hydroxyl groups is 2. The highest BCUT2D eigenvalue weighted by Crippen LogP contribution is 2.36. The molecule has 0 amide bonds. The van der Waals surface area contributed by atoms with Crippen LogP contribution in [0.15, 0.2) is 72.8 Å². The molecule has 4 aromatic rings. The minimum atomic E-state index is -0.214. The van der Waals surface area contributed by atoms with Crippen LogP contribution in [0.1, 0.15) is 47.2 Å². The van der Waals surface area contributed by atoms with Gasteiger partial charge in [-0.2, -0.15) is 0 Å². The molecule has 4 nitrogen and oxygen atoms in total. The molecule has 0 aliphatic heterocycles. The standard InChI is InChI=1S/C31H32O4/c1-19-15-27(16-20(2)29(19)32)34-25-11-7-23(8-12-25)31(5,6)24-9-13-26(14-10-24)35-28-17-21(3)30(33)22(4)18-28/h7-18,32-33H,1-6H3. The second-order valence-electron chi connectivity index (χ2n) is 9.69. The van der Waals surface area contributed by atoms with Crippen LogP contribution in [0.2, 0.25) is 0 Å². The number of rotatable bonds is 6. The van der Waals surface area contributed by atoms with Gasteiger partial charge in [-0.1, -0.05) is 38.1 Å². The summed E-state index contributed by atoms with van der Waals surface area (Å²) in [5, 5.41) is 20.0. The first-order valence-corrected chi connectivity index (χ1v) is 11.7. The highest BCUT2D eigenvalue weighted by Gasteiger charge is 2.23. The fraction of sp³-hybridized carbons (Fsp3) is 0.226. The minimum absolute atomic E-state index is 0.214. The van der Waals surface area contributed by atoms with E-state index in [1.54, 1.807) is 0 Å². The number of hydrogen-bond donors (Lipinski definition) is 2. The molecule has 4 heteroatoms. The second kappa shape index (κ2) is 9.38. The molecule has 0 aromatic heterocycles. The molecule has 0 heterocycles. The van der Waals surface area contributed by atoms with E-state index in [1.165, 1.54) is 11.1 Å². The monoisotopic (exact) mass is 468 g/mol. The first-order valence-electron chi connectivity index (χ1n) is 11.7. The van der Waals surface area contributed by atoms with Crippen molar-refractivity contribution in [3.8, 4) is 34.5 Å². The van der Waals surface area contributed by atoms with E-state index in [0.29, 0.717) is 23.0 Å². The van der Waals surface area contributed by atoms with Crippen molar-refractivity contribution in [2.75, 3.05) is 0 Å². The summed E-state index contributed by atoms with van der Waals surface area (Å²) in [4.78, 5) is 0. The summed E-state index contributed by atoms with van der Waals surface area (Å²) >= 11 is 0. The second-order valence-corrected chi connectivity index (χ2v) is 9.69. The predicted molar refractivity (Wildman–Crippen MR) is 140 cm³/mol. The number of phenols is 2. The van der Waals surface area contributed by atoms with Gasteiger partial charge in [0.05, 0.1) is 0 Å². The van der Waals surface area contributed by atoms with E-state index in [1.807, 2.05) is 76.2 Å². The van der Waals surface area contributed by atoms with Crippen molar-refractivity contribution in [3.05, 3.63) is 106 Å². The fourth-order valence-corrected chi connectivity index (χ4v) is 4.27. The smallest absolute Gasteiger partial charge is 0.128 e. The molecule has 4 aromatic carbocycles. The molecule has 0 saturated heterocycles. The third-order valence-electron chi connectivity index (χ3n) is 6.55. The van der Waals surface area contributed by atoms with Gasteiger partial charge in [0.2, 0.25) is 0 Å². The van der Waals surface area contributed by atoms with Gasteiger partial charge in [0.15, 0.2) is 0 Å². The van der Waals surface area contributed by atoms with Crippen molar-refractivity contribution in [3.63, 3.8) is 0 Å². The summed E-state index contributed by atoms with van der Waals surface area (Å²) in [6.45, 7) is 11.8. The van der Waals surface area contributed by atoms with Crippen LogP contribution < -0.4 is 9.47 Å². The highest BCUT2D eigenvalue weighted by atomic mass is 16.5. The Morgan fingerprint density at radius 3 is 1.06 bits per heavy atom. The molecule has 0 unspecified atom stereocenters. The Labute approximate surface area is 207 Å². The summed E-state index contributed by atoms with van der Waals surface area (Å²) < 4.78 is 12.0. The van der Waals surface area contributed by atoms with Gasteiger partial charge in [-0.05, 0) is 110 Å². The van der Waals surface area contributed by atoms with Crippen LogP contribution in [0.4, 0.5) is 0 Å². The van der Waals surface area contributed by atoms with Crippen molar-refractivity contribution in [1.82, 2.24) is 0 Å². The average Bonchev–Trinajstić information content (AvgIpc) is 2.81. The first-order chi connectivity index (χ1) is 16.5. The van der Waals surface area contributed by atoms with Crippen LogP contribution >= 0.6 is 0 Å². The summed E-state index contributed by atoms with van der Waals surface area (Å²) in [5.74, 6) is 3.52. The topological polar surface area (TPSA) is 58.9 Å². The molecule has 0 bridgehead atoms. The van der Waals surface area contributed by atoms with Crippen molar-refractivity contribution in [2.45, 2.75) is 47.0 Å². The number of hydrogen-bond acceptors (Lipinski definition) is 4. The molecule has 180 valence electrons. The van der Waals surface area contributed by atoms with Crippen molar-refractivity contribution in [1.29, 1.82) is 0 Å². The van der Waals surface area contributed by atoms with E-state index in [9.17, 15) is 10.2 Å². The Bertz CT molecular complexity index is 1200. The van der Waals surface area contributed by atoms with E-state index in [4.69, 9.17) is 9.47 Å². The molecule has 35 heavy (non-hydrogen) atoms. The Balaban J connectivity index is 1.49. The number of ether oxygens (including phenoxy) is 2. The van der Waals surface area contributed by atoms with Crippen LogP contribution in [0.5, 0.6) is 34.5 Å². The van der Waals surface area contributed by atoms with Gasteiger partial charge in [0.25, 0.3) is 0 Å². The van der Waals surface area contributed by atoms with E-state index in [-0.39, 0.29) is 5.41 Å². The summed E-state index contributed by atoms with van der Waals surface area (Å²) in [6, 6.07) is 23.6. The van der Waals surface area contributed by atoms with E-state index in [0.717, 1.165) is 33.8 Å². The van der Waals surface area contributed by atoms with Crippen LogP contribution in [-0.4, -0.2) is 10.2 Å². The summed E-state index contributed by atoms with van der Waals surface area (Å²) in [5.41, 5.74) is 5.29. The molecule has 0 atom stereocenters. The summed E-state index contributed by atoms with van der Waals surface area (Å²) in [6.07, 6.45) is 0. The molecule has 4 rings (SSSR count). The summed E-state index contributed by atoms with van der Waals surface area (Å²) in [7, 11) is 0. The zero-order valence-electron chi connectivity index (χ0n) is 21.1. The third kappa shape index (κ3) is 5.12. The van der Waals surface area contributed by atoms with Gasteiger partial charge < -0.3 is 19.7 Å². The van der Waals surface area contributed by atoms with Gasteiger partial charge >= 0.3 is 0 Å². The number of aryl methyl sites for hydroxylation is 4. The Morgan fingerprint density at radius 1 is 0.486 bits per heavy atom. The quantitative estimate of drug-likeness (QED) is 0.299. The van der Waals surface area contributed by atoms with Crippen LogP contribution in [-0.2, 0) is 5.41 Å². The van der Waals surface area contributed by atoms with Gasteiger partial charge in [0, 0.05) is 5.41 Å². The van der Waals surface area contributed by atoms with E-state index >= 15 is 0 Å². The largest absolute Gasteiger partial charge is 0.507 e. The van der Waals surface area contributed by atoms with Gasteiger partial charge in [-0.25, -0.2) is 0 Å². The number of phenolic OH excluding ortho intramolecular Hbond substituents is 2. The van der Waals surface area contributed by atoms with Crippen LogP contribution in [0.3, 0.4) is 0 Å². The predicted octanol–water partition coefficient (Wildman–Crippen LogP) is 8.24. The SMILES string of the molecule is Cc1cc(Oc2ccc(C(C)(C)c3ccc(Oc4cc(C)c(O)c(C)c4)cc3)cc2)cc(C)c1O. The maximum Gasteiger partial charge on any atom is 0.128 e. The number of benzene rings is 4. The molecule has 0 radical (unpaired) electrons. The Hall–Kier alpha value is -3.92. The van der Waals surface area contributed by atoms with Gasteiger partial charge in [-0.15, -0.1) is 0 Å². The lowest BCUT2D eigenvalue weighted by Gasteiger charge is -2.26. The van der Waals surface area contributed by atoms with Crippen molar-refractivity contribution in [2.24, 2.45) is 0 Å². The van der Waals surface area contributed by atoms with Crippen molar-refractivity contribution < 1.29 is 19.7 Å². The van der Waals surface area contributed by atoms with Crippen LogP contribution in [0, 0.1) is 27.7 Å².